The molecule has 7 heteroatoms. The van der Waals surface area contributed by atoms with E-state index in [-0.39, 0.29) is 4.90 Å². The van der Waals surface area contributed by atoms with Crippen LogP contribution in [-0.2, 0) is 16.9 Å². The number of nitrogens with one attached hydrogen (secondary N) is 1. The molecule has 0 spiro atoms. The van der Waals surface area contributed by atoms with E-state index in [4.69, 9.17) is 0 Å². The van der Waals surface area contributed by atoms with Gasteiger partial charge in [-0.15, -0.1) is 0 Å². The molecule has 0 atom stereocenters. The predicted octanol–water partition coefficient (Wildman–Crippen LogP) is 1.37. The van der Waals surface area contributed by atoms with Gasteiger partial charge in [0.25, 0.3) is 0 Å². The largest absolute Gasteiger partial charge is 0.338 e. The van der Waals surface area contributed by atoms with Crippen molar-refractivity contribution in [2.75, 3.05) is 6.26 Å². The van der Waals surface area contributed by atoms with Crippen LogP contribution < -0.4 is 0 Å². The Kier molecular flexibility index (Phi) is 2.46. The predicted molar refractivity (Wildman–Crippen MR) is 71.4 cm³/mol. The van der Waals surface area contributed by atoms with E-state index in [2.05, 4.69) is 15.1 Å². The number of H-pyrrole nitrogens is 1. The number of rotatable bonds is 2. The lowest BCUT2D eigenvalue weighted by Crippen LogP contribution is -1.96. The van der Waals surface area contributed by atoms with Crippen molar-refractivity contribution in [3.63, 3.8) is 0 Å². The van der Waals surface area contributed by atoms with E-state index in [1.54, 1.807) is 29.1 Å². The molecule has 0 amide bonds. The lowest BCUT2D eigenvalue weighted by Gasteiger charge is -1.96. The molecule has 0 aliphatic rings. The molecule has 0 aliphatic carbocycles. The Balaban J connectivity index is 2.16. The first kappa shape index (κ1) is 11.9. The van der Waals surface area contributed by atoms with Crippen LogP contribution in [0.25, 0.3) is 22.4 Å². The summed E-state index contributed by atoms with van der Waals surface area (Å²) in [5, 5.41) is 4.08. The molecule has 98 valence electrons. The Morgan fingerprint density at radius 3 is 2.74 bits per heavy atom. The van der Waals surface area contributed by atoms with Crippen LogP contribution in [0, 0.1) is 0 Å². The topological polar surface area (TPSA) is 80.6 Å². The molecule has 0 bridgehead atoms. The average Bonchev–Trinajstić information content (AvgIpc) is 2.92. The third-order valence-corrected chi connectivity index (χ3v) is 3.97. The van der Waals surface area contributed by atoms with Gasteiger partial charge in [0, 0.05) is 19.5 Å². The van der Waals surface area contributed by atoms with Crippen molar-refractivity contribution >= 4 is 20.9 Å². The number of fused-ring (bicyclic) bond motifs is 1. The number of nitrogens with zero attached hydrogens (tertiary/aromatic N) is 3. The van der Waals surface area contributed by atoms with E-state index < -0.39 is 9.84 Å². The summed E-state index contributed by atoms with van der Waals surface area (Å²) >= 11 is 0. The maximum atomic E-state index is 11.5. The van der Waals surface area contributed by atoms with Gasteiger partial charge in [0.05, 0.1) is 27.7 Å². The number of aryl methyl sites for hydroxylation is 1. The highest BCUT2D eigenvalue weighted by Gasteiger charge is 2.11. The van der Waals surface area contributed by atoms with Gasteiger partial charge in [0.15, 0.2) is 9.84 Å². The van der Waals surface area contributed by atoms with Gasteiger partial charge >= 0.3 is 0 Å². The van der Waals surface area contributed by atoms with E-state index >= 15 is 0 Å². The number of imidazole rings is 1. The number of hydrogen-bond donors (Lipinski definition) is 1. The SMILES string of the molecule is Cn1cc(-c2nc3ccc(S(C)(=O)=O)cc3[nH]2)cn1. The second-order valence-corrected chi connectivity index (χ2v) is 6.45. The fourth-order valence-corrected chi connectivity index (χ4v) is 2.55. The fourth-order valence-electron chi connectivity index (χ4n) is 1.90. The number of aromatic nitrogens is 4. The molecule has 3 aromatic rings. The van der Waals surface area contributed by atoms with Crippen molar-refractivity contribution in [2.24, 2.45) is 7.05 Å². The van der Waals surface area contributed by atoms with E-state index in [9.17, 15) is 8.42 Å². The number of benzene rings is 1. The van der Waals surface area contributed by atoms with Crippen molar-refractivity contribution in [1.29, 1.82) is 0 Å². The van der Waals surface area contributed by atoms with Gasteiger partial charge in [-0.1, -0.05) is 0 Å². The molecule has 6 nitrogen and oxygen atoms in total. The van der Waals surface area contributed by atoms with Gasteiger partial charge in [-0.25, -0.2) is 13.4 Å². The minimum absolute atomic E-state index is 0.279. The molecule has 0 saturated heterocycles. The first-order chi connectivity index (χ1) is 8.93. The summed E-state index contributed by atoms with van der Waals surface area (Å²) < 4.78 is 24.7. The van der Waals surface area contributed by atoms with Crippen LogP contribution in [0.4, 0.5) is 0 Å². The van der Waals surface area contributed by atoms with Gasteiger partial charge in [0.2, 0.25) is 0 Å². The molecular formula is C12H12N4O2S. The lowest BCUT2D eigenvalue weighted by molar-refractivity contribution is 0.602. The summed E-state index contributed by atoms with van der Waals surface area (Å²) in [4.78, 5) is 7.80. The molecule has 3 rings (SSSR count). The number of hydrogen-bond acceptors (Lipinski definition) is 4. The van der Waals surface area contributed by atoms with E-state index in [0.717, 1.165) is 11.1 Å². The summed E-state index contributed by atoms with van der Waals surface area (Å²) in [6.07, 6.45) is 4.73. The molecule has 0 saturated carbocycles. The normalized spacial score (nSPS) is 12.1. The smallest absolute Gasteiger partial charge is 0.175 e. The van der Waals surface area contributed by atoms with Gasteiger partial charge in [-0.3, -0.25) is 4.68 Å². The second kappa shape index (κ2) is 3.92. The third kappa shape index (κ3) is 2.12. The highest BCUT2D eigenvalue weighted by molar-refractivity contribution is 7.90. The first-order valence-electron chi connectivity index (χ1n) is 5.62. The van der Waals surface area contributed by atoms with Gasteiger partial charge in [-0.2, -0.15) is 5.10 Å². The molecule has 0 aliphatic heterocycles. The lowest BCUT2D eigenvalue weighted by atomic mass is 10.3. The Morgan fingerprint density at radius 2 is 2.11 bits per heavy atom. The Morgan fingerprint density at radius 1 is 1.32 bits per heavy atom. The maximum Gasteiger partial charge on any atom is 0.175 e. The van der Waals surface area contributed by atoms with Gasteiger partial charge < -0.3 is 4.98 Å². The maximum absolute atomic E-state index is 11.5. The van der Waals surface area contributed by atoms with E-state index in [1.807, 2.05) is 13.2 Å². The molecule has 19 heavy (non-hydrogen) atoms. The zero-order valence-corrected chi connectivity index (χ0v) is 11.3. The average molecular weight is 276 g/mol. The molecule has 1 aromatic carbocycles. The molecule has 1 N–H and O–H groups in total. The summed E-state index contributed by atoms with van der Waals surface area (Å²) in [5.74, 6) is 0.675. The molecule has 2 heterocycles. The monoisotopic (exact) mass is 276 g/mol. The molecule has 0 fully saturated rings. The second-order valence-electron chi connectivity index (χ2n) is 4.44. The Hall–Kier alpha value is -2.15. The van der Waals surface area contributed by atoms with Crippen LogP contribution in [0.5, 0.6) is 0 Å². The van der Waals surface area contributed by atoms with E-state index in [0.29, 0.717) is 11.3 Å². The molecule has 2 aromatic heterocycles. The van der Waals surface area contributed by atoms with E-state index in [1.165, 1.54) is 6.26 Å². The summed E-state index contributed by atoms with van der Waals surface area (Å²) in [6, 6.07) is 4.85. The first-order valence-corrected chi connectivity index (χ1v) is 7.51. The zero-order valence-electron chi connectivity index (χ0n) is 10.5. The molecular weight excluding hydrogens is 264 g/mol. The van der Waals surface area contributed by atoms with Crippen molar-refractivity contribution in [3.05, 3.63) is 30.6 Å². The Bertz CT molecular complexity index is 861. The molecule has 0 radical (unpaired) electrons. The van der Waals surface area contributed by atoms with Crippen molar-refractivity contribution < 1.29 is 8.42 Å². The van der Waals surface area contributed by atoms with Crippen LogP contribution in [-0.4, -0.2) is 34.4 Å². The zero-order chi connectivity index (χ0) is 13.6. The van der Waals surface area contributed by atoms with Gasteiger partial charge in [0.1, 0.15) is 5.82 Å². The number of sulfone groups is 1. The minimum atomic E-state index is -3.21. The summed E-state index contributed by atoms with van der Waals surface area (Å²) in [5.41, 5.74) is 2.28. The van der Waals surface area contributed by atoms with Crippen LogP contribution in [0.15, 0.2) is 35.5 Å². The van der Waals surface area contributed by atoms with Crippen molar-refractivity contribution in [3.8, 4) is 11.4 Å². The van der Waals surface area contributed by atoms with Gasteiger partial charge in [-0.05, 0) is 18.2 Å². The summed E-state index contributed by atoms with van der Waals surface area (Å²) in [6.45, 7) is 0. The van der Waals surface area contributed by atoms with Crippen LogP contribution in [0.2, 0.25) is 0 Å². The van der Waals surface area contributed by atoms with Crippen LogP contribution in [0.3, 0.4) is 0 Å². The Labute approximate surface area is 110 Å². The standard InChI is InChI=1S/C12H12N4O2S/c1-16-7-8(6-13-16)12-14-10-4-3-9(19(2,17)18)5-11(10)15-12/h3-7H,1-2H3,(H,14,15). The third-order valence-electron chi connectivity index (χ3n) is 2.86. The highest BCUT2D eigenvalue weighted by atomic mass is 32.2. The van der Waals surface area contributed by atoms with Crippen molar-refractivity contribution in [2.45, 2.75) is 4.90 Å². The van der Waals surface area contributed by atoms with Crippen LogP contribution >= 0.6 is 0 Å². The minimum Gasteiger partial charge on any atom is -0.338 e. The molecule has 0 unspecified atom stereocenters. The summed E-state index contributed by atoms with van der Waals surface area (Å²) in [7, 11) is -1.38. The quantitative estimate of drug-likeness (QED) is 0.766. The number of aromatic amines is 1. The van der Waals surface area contributed by atoms with Crippen molar-refractivity contribution in [1.82, 2.24) is 19.7 Å². The highest BCUT2D eigenvalue weighted by Crippen LogP contribution is 2.22. The fraction of sp³-hybridized carbons (Fsp3) is 0.167. The van der Waals surface area contributed by atoms with Crippen LogP contribution in [0.1, 0.15) is 0 Å².